The van der Waals surface area contributed by atoms with Crippen molar-refractivity contribution in [3.8, 4) is 11.4 Å². The topological polar surface area (TPSA) is 27.1 Å². The van der Waals surface area contributed by atoms with Crippen molar-refractivity contribution in [2.75, 3.05) is 12.9 Å². The molecule has 0 saturated heterocycles. The molecule has 2 aromatic rings. The summed E-state index contributed by atoms with van der Waals surface area (Å²) in [6.45, 7) is 2.12. The van der Waals surface area contributed by atoms with Crippen LogP contribution >= 0.6 is 11.8 Å². The highest BCUT2D eigenvalue weighted by molar-refractivity contribution is 7.99. The second kappa shape index (κ2) is 5.07. The van der Waals surface area contributed by atoms with E-state index in [2.05, 4.69) is 16.5 Å². The number of nitrogens with zero attached hydrogens (tertiary/aromatic N) is 2. The Labute approximate surface area is 99.5 Å². The molecule has 3 nitrogen and oxygen atoms in total. The summed E-state index contributed by atoms with van der Waals surface area (Å²) in [4.78, 5) is 4.32. The average molecular weight is 234 g/mol. The van der Waals surface area contributed by atoms with E-state index in [9.17, 15) is 0 Å². The van der Waals surface area contributed by atoms with Gasteiger partial charge in [0.2, 0.25) is 0 Å². The van der Waals surface area contributed by atoms with Crippen LogP contribution in [0.25, 0.3) is 5.69 Å². The highest BCUT2D eigenvalue weighted by atomic mass is 32.2. The second-order valence-corrected chi connectivity index (χ2v) is 4.45. The Morgan fingerprint density at radius 2 is 2.31 bits per heavy atom. The van der Waals surface area contributed by atoms with Crippen molar-refractivity contribution in [2.24, 2.45) is 0 Å². The van der Waals surface area contributed by atoms with E-state index in [0.717, 1.165) is 22.3 Å². The van der Waals surface area contributed by atoms with Crippen LogP contribution in [0, 0.1) is 0 Å². The fraction of sp³-hybridized carbons (Fsp3) is 0.250. The molecule has 1 aromatic carbocycles. The molecule has 1 aromatic heterocycles. The Hall–Kier alpha value is -1.42. The summed E-state index contributed by atoms with van der Waals surface area (Å²) in [5.74, 6) is 1.87. The second-order valence-electron chi connectivity index (χ2n) is 3.21. The molecule has 0 fully saturated rings. The Bertz CT molecular complexity index is 468. The smallest absolute Gasteiger partial charge is 0.172 e. The Balaban J connectivity index is 2.37. The number of imidazole rings is 1. The summed E-state index contributed by atoms with van der Waals surface area (Å²) in [7, 11) is 1.68. The van der Waals surface area contributed by atoms with E-state index >= 15 is 0 Å². The van der Waals surface area contributed by atoms with E-state index in [4.69, 9.17) is 4.74 Å². The van der Waals surface area contributed by atoms with E-state index in [-0.39, 0.29) is 0 Å². The molecular formula is C12H14N2OS. The molecule has 0 N–H and O–H groups in total. The van der Waals surface area contributed by atoms with E-state index in [1.165, 1.54) is 0 Å². The molecule has 0 aliphatic carbocycles. The monoisotopic (exact) mass is 234 g/mol. The first kappa shape index (κ1) is 11.1. The lowest BCUT2D eigenvalue weighted by atomic mass is 10.3. The van der Waals surface area contributed by atoms with Gasteiger partial charge in [0.25, 0.3) is 0 Å². The first-order valence-electron chi connectivity index (χ1n) is 5.15. The maximum atomic E-state index is 5.21. The lowest BCUT2D eigenvalue weighted by Gasteiger charge is -2.08. The molecule has 0 spiro atoms. The molecule has 0 saturated carbocycles. The van der Waals surface area contributed by atoms with Crippen LogP contribution in [0.3, 0.4) is 0 Å². The van der Waals surface area contributed by atoms with Crippen LogP contribution in [-0.2, 0) is 0 Å². The van der Waals surface area contributed by atoms with Gasteiger partial charge >= 0.3 is 0 Å². The molecule has 0 aliphatic rings. The minimum absolute atomic E-state index is 0.860. The summed E-state index contributed by atoms with van der Waals surface area (Å²) in [5.41, 5.74) is 1.08. The number of ether oxygens (including phenoxy) is 1. The normalized spacial score (nSPS) is 10.4. The third-order valence-electron chi connectivity index (χ3n) is 2.21. The van der Waals surface area contributed by atoms with E-state index < -0.39 is 0 Å². The van der Waals surface area contributed by atoms with Gasteiger partial charge < -0.3 is 4.74 Å². The zero-order chi connectivity index (χ0) is 11.4. The van der Waals surface area contributed by atoms with E-state index in [1.54, 1.807) is 18.9 Å². The van der Waals surface area contributed by atoms with Gasteiger partial charge in [-0.15, -0.1) is 0 Å². The Morgan fingerprint density at radius 3 is 3.06 bits per heavy atom. The molecule has 1 heterocycles. The standard InChI is InChI=1S/C12H14N2OS/c1-3-16-12-13-7-8-14(12)10-5-4-6-11(9-10)15-2/h4-9H,3H2,1-2H3. The summed E-state index contributed by atoms with van der Waals surface area (Å²) in [5, 5.41) is 1.01. The predicted octanol–water partition coefficient (Wildman–Crippen LogP) is 2.99. The van der Waals surface area contributed by atoms with Crippen LogP contribution in [-0.4, -0.2) is 22.4 Å². The summed E-state index contributed by atoms with van der Waals surface area (Å²) in [6.07, 6.45) is 3.78. The van der Waals surface area contributed by atoms with Gasteiger partial charge in [0.15, 0.2) is 5.16 Å². The lowest BCUT2D eigenvalue weighted by molar-refractivity contribution is 0.414. The highest BCUT2D eigenvalue weighted by Gasteiger charge is 2.05. The maximum Gasteiger partial charge on any atom is 0.172 e. The van der Waals surface area contributed by atoms with Crippen molar-refractivity contribution in [3.05, 3.63) is 36.7 Å². The van der Waals surface area contributed by atoms with Crippen molar-refractivity contribution in [2.45, 2.75) is 12.1 Å². The zero-order valence-electron chi connectivity index (χ0n) is 9.38. The molecule has 0 unspecified atom stereocenters. The van der Waals surface area contributed by atoms with Crippen molar-refractivity contribution < 1.29 is 4.74 Å². The molecule has 0 radical (unpaired) electrons. The van der Waals surface area contributed by atoms with Gasteiger partial charge in [0.1, 0.15) is 5.75 Å². The minimum Gasteiger partial charge on any atom is -0.497 e. The minimum atomic E-state index is 0.860. The molecule has 16 heavy (non-hydrogen) atoms. The Kier molecular flexibility index (Phi) is 3.51. The SMILES string of the molecule is CCSc1nccn1-c1cccc(OC)c1. The van der Waals surface area contributed by atoms with Gasteiger partial charge in [-0.05, 0) is 17.9 Å². The fourth-order valence-electron chi connectivity index (χ4n) is 1.48. The predicted molar refractivity (Wildman–Crippen MR) is 66.5 cm³/mol. The molecule has 0 bridgehead atoms. The van der Waals surface area contributed by atoms with Gasteiger partial charge in [-0.25, -0.2) is 4.98 Å². The Morgan fingerprint density at radius 1 is 1.44 bits per heavy atom. The molecule has 2 rings (SSSR count). The van der Waals surface area contributed by atoms with Gasteiger partial charge in [0.05, 0.1) is 12.8 Å². The largest absolute Gasteiger partial charge is 0.497 e. The molecular weight excluding hydrogens is 220 g/mol. The van der Waals surface area contributed by atoms with Crippen molar-refractivity contribution >= 4 is 11.8 Å². The average Bonchev–Trinajstić information content (AvgIpc) is 2.78. The van der Waals surface area contributed by atoms with Crippen LogP contribution in [0.2, 0.25) is 0 Å². The molecule has 0 aliphatic heterocycles. The number of rotatable bonds is 4. The zero-order valence-corrected chi connectivity index (χ0v) is 10.2. The maximum absolute atomic E-state index is 5.21. The highest BCUT2D eigenvalue weighted by Crippen LogP contribution is 2.22. The number of benzene rings is 1. The summed E-state index contributed by atoms with van der Waals surface area (Å²) >= 11 is 1.73. The van der Waals surface area contributed by atoms with E-state index in [1.807, 2.05) is 36.7 Å². The van der Waals surface area contributed by atoms with E-state index in [0.29, 0.717) is 0 Å². The number of hydrogen-bond donors (Lipinski definition) is 0. The third-order valence-corrected chi connectivity index (χ3v) is 3.06. The van der Waals surface area contributed by atoms with Crippen LogP contribution in [0.5, 0.6) is 5.75 Å². The van der Waals surface area contributed by atoms with Crippen molar-refractivity contribution in [1.82, 2.24) is 9.55 Å². The fourth-order valence-corrected chi connectivity index (χ4v) is 2.18. The molecule has 84 valence electrons. The molecule has 0 amide bonds. The summed E-state index contributed by atoms with van der Waals surface area (Å²) in [6, 6.07) is 7.97. The van der Waals surface area contributed by atoms with Gasteiger partial charge in [-0.3, -0.25) is 4.57 Å². The number of hydrogen-bond acceptors (Lipinski definition) is 3. The first-order valence-corrected chi connectivity index (χ1v) is 6.14. The lowest BCUT2D eigenvalue weighted by Crippen LogP contribution is -1.95. The quantitative estimate of drug-likeness (QED) is 0.761. The number of thioether (sulfide) groups is 1. The van der Waals surface area contributed by atoms with Crippen LogP contribution in [0.4, 0.5) is 0 Å². The van der Waals surface area contributed by atoms with Crippen molar-refractivity contribution in [1.29, 1.82) is 0 Å². The van der Waals surface area contributed by atoms with Crippen LogP contribution in [0.15, 0.2) is 41.8 Å². The van der Waals surface area contributed by atoms with Gasteiger partial charge in [-0.2, -0.15) is 0 Å². The third kappa shape index (κ3) is 2.22. The number of aromatic nitrogens is 2. The molecule has 0 atom stereocenters. The van der Waals surface area contributed by atoms with Gasteiger partial charge in [0, 0.05) is 18.5 Å². The van der Waals surface area contributed by atoms with Crippen molar-refractivity contribution in [3.63, 3.8) is 0 Å². The van der Waals surface area contributed by atoms with Crippen LogP contribution in [0.1, 0.15) is 6.92 Å². The van der Waals surface area contributed by atoms with Gasteiger partial charge in [-0.1, -0.05) is 24.8 Å². The molecule has 4 heteroatoms. The first-order chi connectivity index (χ1) is 7.85. The number of methoxy groups -OCH3 is 1. The van der Waals surface area contributed by atoms with Crippen LogP contribution < -0.4 is 4.74 Å². The summed E-state index contributed by atoms with van der Waals surface area (Å²) < 4.78 is 7.28.